The molecule has 0 aliphatic heterocycles. The third kappa shape index (κ3) is 17.1. The number of unbranched alkanes of at least 4 members (excludes halogenated alkanes) is 5. The molecule has 0 radical (unpaired) electrons. The lowest BCUT2D eigenvalue weighted by molar-refractivity contribution is -0.145. The van der Waals surface area contributed by atoms with E-state index in [1.54, 1.807) is 0 Å². The van der Waals surface area contributed by atoms with Crippen LogP contribution in [-0.2, 0) is 28.5 Å². The van der Waals surface area contributed by atoms with Gasteiger partial charge in [-0.3, -0.25) is 9.59 Å². The van der Waals surface area contributed by atoms with Crippen molar-refractivity contribution >= 4 is 11.9 Å². The van der Waals surface area contributed by atoms with E-state index in [-0.39, 0.29) is 25.0 Å². The Morgan fingerprint density at radius 1 is 0.696 bits per heavy atom. The summed E-state index contributed by atoms with van der Waals surface area (Å²) in [7, 11) is 1.35. The maximum Gasteiger partial charge on any atom is 0.307 e. The van der Waals surface area contributed by atoms with E-state index in [4.69, 9.17) is 14.2 Å². The summed E-state index contributed by atoms with van der Waals surface area (Å²) in [5, 5.41) is 0. The van der Waals surface area contributed by atoms with Gasteiger partial charge in [-0.1, -0.05) is 39.0 Å². The predicted octanol–water partition coefficient (Wildman–Crippen LogP) is 2.88. The molecule has 0 fully saturated rings. The molecule has 0 aromatic rings. The van der Waals surface area contributed by atoms with Crippen LogP contribution in [-0.4, -0.2) is 52.1 Å². The van der Waals surface area contributed by atoms with Gasteiger partial charge in [-0.15, -0.1) is 0 Å². The normalized spacial score (nSPS) is 10.5. The van der Waals surface area contributed by atoms with E-state index >= 15 is 0 Å². The molecule has 0 aliphatic rings. The number of methoxy groups -OCH3 is 1. The molecule has 23 heavy (non-hydrogen) atoms. The molecule has 0 atom stereocenters. The number of carbonyl (C=O) groups is 2. The Hall–Kier alpha value is -1.14. The summed E-state index contributed by atoms with van der Waals surface area (Å²) in [4.78, 5) is 22.3. The molecule has 136 valence electrons. The number of hydrogen-bond acceptors (Lipinski definition) is 6. The number of carbonyl (C=O) groups excluding carboxylic acids is 2. The van der Waals surface area contributed by atoms with Crippen molar-refractivity contribution in [1.29, 1.82) is 0 Å². The summed E-state index contributed by atoms with van der Waals surface area (Å²) < 4.78 is 20.0. The van der Waals surface area contributed by atoms with Crippen LogP contribution in [0.15, 0.2) is 0 Å². The van der Waals surface area contributed by atoms with E-state index in [2.05, 4.69) is 11.7 Å². The summed E-state index contributed by atoms with van der Waals surface area (Å²) in [6.07, 6.45) is 7.68. The fraction of sp³-hybridized carbons (Fsp3) is 0.882. The maximum absolute atomic E-state index is 11.5. The van der Waals surface area contributed by atoms with E-state index in [1.165, 1.54) is 32.8 Å². The van der Waals surface area contributed by atoms with Gasteiger partial charge < -0.3 is 18.9 Å². The summed E-state index contributed by atoms with van der Waals surface area (Å²) in [5.74, 6) is -0.443. The van der Waals surface area contributed by atoms with Gasteiger partial charge in [0.2, 0.25) is 0 Å². The van der Waals surface area contributed by atoms with Crippen molar-refractivity contribution in [2.24, 2.45) is 0 Å². The summed E-state index contributed by atoms with van der Waals surface area (Å²) >= 11 is 0. The molecule has 0 aliphatic carbocycles. The molecule has 0 spiro atoms. The molecule has 6 heteroatoms. The lowest BCUT2D eigenvalue weighted by Crippen LogP contribution is -2.13. The Bertz CT molecular complexity index is 293. The Morgan fingerprint density at radius 3 is 2.00 bits per heavy atom. The Labute approximate surface area is 139 Å². The zero-order valence-electron chi connectivity index (χ0n) is 14.6. The monoisotopic (exact) mass is 332 g/mol. The lowest BCUT2D eigenvalue weighted by Gasteiger charge is -2.07. The van der Waals surface area contributed by atoms with Gasteiger partial charge in [0, 0.05) is 6.42 Å². The van der Waals surface area contributed by atoms with Crippen LogP contribution in [0, 0.1) is 0 Å². The smallest absolute Gasteiger partial charge is 0.307 e. The van der Waals surface area contributed by atoms with Crippen LogP contribution in [0.25, 0.3) is 0 Å². The quantitative estimate of drug-likeness (QED) is 0.320. The van der Waals surface area contributed by atoms with Crippen LogP contribution in [0.4, 0.5) is 0 Å². The first-order valence-corrected chi connectivity index (χ1v) is 8.58. The molecule has 0 amide bonds. The average Bonchev–Trinajstić information content (AvgIpc) is 2.56. The zero-order valence-corrected chi connectivity index (χ0v) is 14.6. The first-order chi connectivity index (χ1) is 11.2. The molecule has 0 saturated heterocycles. The second kappa shape index (κ2) is 17.2. The van der Waals surface area contributed by atoms with Gasteiger partial charge in [0.1, 0.15) is 6.61 Å². The van der Waals surface area contributed by atoms with Crippen molar-refractivity contribution in [3.63, 3.8) is 0 Å². The van der Waals surface area contributed by atoms with Crippen molar-refractivity contribution < 1.29 is 28.5 Å². The molecule has 0 N–H and O–H groups in total. The van der Waals surface area contributed by atoms with E-state index in [9.17, 15) is 9.59 Å². The number of hydrogen-bond donors (Lipinski definition) is 0. The van der Waals surface area contributed by atoms with Gasteiger partial charge in [-0.2, -0.15) is 0 Å². The third-order valence-corrected chi connectivity index (χ3v) is 3.28. The molecule has 0 rings (SSSR count). The standard InChI is InChI=1S/C17H32O6/c1-3-4-5-6-7-8-9-17(19)23-15-14-22-13-12-21-11-10-16(18)20-2/h3-15H2,1-2H3. The second-order valence-electron chi connectivity index (χ2n) is 5.29. The molecule has 0 aromatic carbocycles. The zero-order chi connectivity index (χ0) is 17.2. The lowest BCUT2D eigenvalue weighted by atomic mass is 10.1. The molecule has 0 heterocycles. The van der Waals surface area contributed by atoms with Crippen LogP contribution in [0.3, 0.4) is 0 Å². The summed E-state index contributed by atoms with van der Waals surface area (Å²) in [6, 6.07) is 0. The predicted molar refractivity (Wildman–Crippen MR) is 87.2 cm³/mol. The summed E-state index contributed by atoms with van der Waals surface area (Å²) in [5.41, 5.74) is 0. The average molecular weight is 332 g/mol. The summed E-state index contributed by atoms with van der Waals surface area (Å²) in [6.45, 7) is 3.97. The van der Waals surface area contributed by atoms with Gasteiger partial charge in [-0.05, 0) is 6.42 Å². The van der Waals surface area contributed by atoms with E-state index < -0.39 is 0 Å². The van der Waals surface area contributed by atoms with Crippen molar-refractivity contribution in [3.8, 4) is 0 Å². The van der Waals surface area contributed by atoms with Crippen molar-refractivity contribution in [2.75, 3.05) is 40.1 Å². The van der Waals surface area contributed by atoms with Crippen molar-refractivity contribution in [3.05, 3.63) is 0 Å². The van der Waals surface area contributed by atoms with Gasteiger partial charge in [0.05, 0.1) is 40.0 Å². The molecule has 0 unspecified atom stereocenters. The maximum atomic E-state index is 11.5. The number of ether oxygens (including phenoxy) is 4. The molecular weight excluding hydrogens is 300 g/mol. The first-order valence-electron chi connectivity index (χ1n) is 8.58. The fourth-order valence-corrected chi connectivity index (χ4v) is 1.92. The van der Waals surface area contributed by atoms with Crippen molar-refractivity contribution in [1.82, 2.24) is 0 Å². The first kappa shape index (κ1) is 21.9. The fourth-order valence-electron chi connectivity index (χ4n) is 1.92. The van der Waals surface area contributed by atoms with Crippen molar-refractivity contribution in [2.45, 2.75) is 58.3 Å². The van der Waals surface area contributed by atoms with Gasteiger partial charge in [0.25, 0.3) is 0 Å². The van der Waals surface area contributed by atoms with E-state index in [1.807, 2.05) is 0 Å². The largest absolute Gasteiger partial charge is 0.469 e. The molecule has 0 aromatic heterocycles. The highest BCUT2D eigenvalue weighted by molar-refractivity contribution is 5.69. The highest BCUT2D eigenvalue weighted by Gasteiger charge is 2.02. The third-order valence-electron chi connectivity index (χ3n) is 3.28. The van der Waals surface area contributed by atoms with E-state index in [0.717, 1.165) is 12.8 Å². The Morgan fingerprint density at radius 2 is 1.30 bits per heavy atom. The van der Waals surface area contributed by atoms with Gasteiger partial charge >= 0.3 is 11.9 Å². The topological polar surface area (TPSA) is 71.1 Å². The highest BCUT2D eigenvalue weighted by Crippen LogP contribution is 2.07. The molecule has 6 nitrogen and oxygen atoms in total. The number of rotatable bonds is 16. The SMILES string of the molecule is CCCCCCCCC(=O)OCCOCCOCCC(=O)OC. The minimum atomic E-state index is -0.289. The highest BCUT2D eigenvalue weighted by atomic mass is 16.6. The number of esters is 2. The molecule has 0 bridgehead atoms. The molecule has 0 saturated carbocycles. The minimum absolute atomic E-state index is 0.154. The van der Waals surface area contributed by atoms with Crippen LogP contribution in [0.2, 0.25) is 0 Å². The van der Waals surface area contributed by atoms with Gasteiger partial charge in [0.15, 0.2) is 0 Å². The minimum Gasteiger partial charge on any atom is -0.469 e. The Balaban J connectivity index is 3.19. The van der Waals surface area contributed by atoms with Gasteiger partial charge in [-0.25, -0.2) is 0 Å². The van der Waals surface area contributed by atoms with Crippen LogP contribution < -0.4 is 0 Å². The van der Waals surface area contributed by atoms with E-state index in [0.29, 0.717) is 32.8 Å². The molecular formula is C17H32O6. The second-order valence-corrected chi connectivity index (χ2v) is 5.29. The van der Waals surface area contributed by atoms with Crippen LogP contribution >= 0.6 is 0 Å². The van der Waals surface area contributed by atoms with Crippen LogP contribution in [0.1, 0.15) is 58.3 Å². The van der Waals surface area contributed by atoms with Crippen LogP contribution in [0.5, 0.6) is 0 Å². The Kier molecular flexibility index (Phi) is 16.4.